The highest BCUT2D eigenvalue weighted by Crippen LogP contribution is 2.37. The SMILES string of the molecule is CC(C(=O)NN)C(O[C@H]1O[C@H](/C=C\P(=O)(O)O)[C@@H](O)[C@H](O)[C@@H]1O)c1cn[nH]n1. The molecule has 1 saturated heterocycles. The van der Waals surface area contributed by atoms with Crippen LogP contribution >= 0.6 is 7.60 Å². The number of nitrogens with two attached hydrogens (primary N) is 1. The van der Waals surface area contributed by atoms with Gasteiger partial charge in [0.1, 0.15) is 36.2 Å². The van der Waals surface area contributed by atoms with Crippen molar-refractivity contribution in [2.75, 3.05) is 0 Å². The van der Waals surface area contributed by atoms with Crippen molar-refractivity contribution in [2.45, 2.75) is 43.7 Å². The van der Waals surface area contributed by atoms with Gasteiger partial charge in [-0.2, -0.15) is 15.4 Å². The van der Waals surface area contributed by atoms with Gasteiger partial charge in [0.05, 0.1) is 12.1 Å². The standard InChI is InChI=1S/C13H22N5O9P/c1-5(12(22)16-14)11(6-4-15-18-17-6)27-13-10(21)9(20)8(19)7(26-13)2-3-28(23,24)25/h2-5,7-11,13,19-21H,14H2,1H3,(H,16,22)(H,15,17,18)(H2,23,24,25)/b3-2-/t5?,7-,8-,9+,10+,11?,13-/m1/s1. The number of carbonyl (C=O) groups excluding carboxylic acids is 1. The van der Waals surface area contributed by atoms with Gasteiger partial charge in [0.15, 0.2) is 6.29 Å². The van der Waals surface area contributed by atoms with Crippen molar-refractivity contribution in [1.29, 1.82) is 0 Å². The third kappa shape index (κ3) is 5.41. The summed E-state index contributed by atoms with van der Waals surface area (Å²) in [5.74, 6) is 4.06. The van der Waals surface area contributed by atoms with Gasteiger partial charge in [-0.05, 0) is 6.08 Å². The van der Waals surface area contributed by atoms with E-state index in [0.717, 1.165) is 6.08 Å². The molecule has 1 aromatic rings. The molecule has 1 amide bonds. The van der Waals surface area contributed by atoms with Gasteiger partial charge in [-0.1, -0.05) is 6.92 Å². The van der Waals surface area contributed by atoms with Crippen LogP contribution in [0.2, 0.25) is 0 Å². The van der Waals surface area contributed by atoms with Crippen molar-refractivity contribution in [3.8, 4) is 0 Å². The number of hydrogen-bond acceptors (Lipinski definition) is 10. The van der Waals surface area contributed by atoms with Gasteiger partial charge >= 0.3 is 7.60 Å². The molecule has 0 radical (unpaired) electrons. The Labute approximate surface area is 158 Å². The van der Waals surface area contributed by atoms with Crippen LogP contribution in [0, 0.1) is 5.92 Å². The number of aromatic amines is 1. The minimum atomic E-state index is -4.56. The van der Waals surface area contributed by atoms with Gasteiger partial charge in [-0.15, -0.1) is 0 Å². The molecule has 28 heavy (non-hydrogen) atoms. The molecule has 158 valence electrons. The Bertz CT molecular complexity index is 726. The zero-order valence-electron chi connectivity index (χ0n) is 14.6. The predicted octanol–water partition coefficient (Wildman–Crippen LogP) is -3.01. The summed E-state index contributed by atoms with van der Waals surface area (Å²) in [6.07, 6.45) is -7.20. The fourth-order valence-electron chi connectivity index (χ4n) is 2.55. The molecule has 14 nitrogen and oxygen atoms in total. The molecule has 0 spiro atoms. The highest BCUT2D eigenvalue weighted by atomic mass is 31.2. The molecule has 2 unspecified atom stereocenters. The zero-order valence-corrected chi connectivity index (χ0v) is 15.5. The fraction of sp³-hybridized carbons (Fsp3) is 0.615. The maximum Gasteiger partial charge on any atom is 0.348 e. The topological polar surface area (TPSA) is 233 Å². The molecule has 15 heteroatoms. The van der Waals surface area contributed by atoms with Gasteiger partial charge in [-0.25, -0.2) is 5.84 Å². The number of carbonyl (C=O) groups is 1. The Kier molecular flexibility index (Phi) is 7.39. The van der Waals surface area contributed by atoms with E-state index < -0.39 is 56.2 Å². The number of aliphatic hydroxyl groups excluding tert-OH is 3. The quantitative estimate of drug-likeness (QED) is 0.0947. The second kappa shape index (κ2) is 9.17. The minimum Gasteiger partial charge on any atom is -0.387 e. The van der Waals surface area contributed by atoms with Gasteiger partial charge in [0.25, 0.3) is 0 Å². The number of aliphatic hydroxyl groups is 3. The maximum absolute atomic E-state index is 11.9. The number of nitrogens with one attached hydrogen (secondary N) is 2. The van der Waals surface area contributed by atoms with Crippen molar-refractivity contribution in [3.63, 3.8) is 0 Å². The molecule has 0 aliphatic carbocycles. The van der Waals surface area contributed by atoms with Gasteiger partial charge in [-0.3, -0.25) is 14.8 Å². The summed E-state index contributed by atoms with van der Waals surface area (Å²) in [6.45, 7) is 1.45. The molecule has 7 atom stereocenters. The number of ether oxygens (including phenoxy) is 2. The van der Waals surface area contributed by atoms with Gasteiger partial charge < -0.3 is 34.6 Å². The average Bonchev–Trinajstić information content (AvgIpc) is 3.17. The lowest BCUT2D eigenvalue weighted by Gasteiger charge is -2.40. The average molecular weight is 423 g/mol. The van der Waals surface area contributed by atoms with Crippen molar-refractivity contribution in [3.05, 3.63) is 23.8 Å². The Hall–Kier alpha value is -1.74. The first kappa shape index (κ1) is 22.5. The van der Waals surface area contributed by atoms with Crippen molar-refractivity contribution < 1.29 is 43.9 Å². The lowest BCUT2D eigenvalue weighted by Crippen LogP contribution is -2.58. The van der Waals surface area contributed by atoms with Gasteiger partial charge in [0.2, 0.25) is 5.91 Å². The second-order valence-corrected chi connectivity index (χ2v) is 7.60. The summed E-state index contributed by atoms with van der Waals surface area (Å²) in [4.78, 5) is 29.7. The number of amides is 1. The molecule has 2 rings (SSSR count). The normalized spacial score (nSPS) is 30.9. The van der Waals surface area contributed by atoms with Crippen LogP contribution in [0.25, 0.3) is 0 Å². The number of H-pyrrole nitrogens is 1. The Morgan fingerprint density at radius 3 is 2.61 bits per heavy atom. The van der Waals surface area contributed by atoms with E-state index in [0.29, 0.717) is 5.82 Å². The molecule has 1 fully saturated rings. The molecule has 0 saturated carbocycles. The van der Waals surface area contributed by atoms with Crippen LogP contribution < -0.4 is 11.3 Å². The Morgan fingerprint density at radius 1 is 1.39 bits per heavy atom. The predicted molar refractivity (Wildman–Crippen MR) is 89.6 cm³/mol. The van der Waals surface area contributed by atoms with E-state index >= 15 is 0 Å². The first-order valence-corrected chi connectivity index (χ1v) is 9.69. The third-order valence-corrected chi connectivity index (χ3v) is 4.65. The first-order chi connectivity index (χ1) is 13.0. The smallest absolute Gasteiger partial charge is 0.348 e. The summed E-state index contributed by atoms with van der Waals surface area (Å²) in [7, 11) is -4.56. The number of hydrazine groups is 1. The molecule has 0 bridgehead atoms. The van der Waals surface area contributed by atoms with E-state index in [1.165, 1.54) is 13.1 Å². The highest BCUT2D eigenvalue weighted by Gasteiger charge is 2.45. The van der Waals surface area contributed by atoms with Crippen LogP contribution in [0.4, 0.5) is 0 Å². The van der Waals surface area contributed by atoms with Crippen LogP contribution in [-0.4, -0.2) is 77.1 Å². The summed E-state index contributed by atoms with van der Waals surface area (Å²) >= 11 is 0. The maximum atomic E-state index is 11.9. The van der Waals surface area contributed by atoms with E-state index in [1.54, 1.807) is 0 Å². The minimum absolute atomic E-state index is 0.162. The van der Waals surface area contributed by atoms with Crippen LogP contribution in [0.15, 0.2) is 18.1 Å². The van der Waals surface area contributed by atoms with Crippen molar-refractivity contribution >= 4 is 13.5 Å². The second-order valence-electron chi connectivity index (χ2n) is 6.12. The summed E-state index contributed by atoms with van der Waals surface area (Å²) < 4.78 is 21.9. The molecule has 0 aromatic carbocycles. The Morgan fingerprint density at radius 2 is 2.07 bits per heavy atom. The molecule has 1 aliphatic rings. The molecule has 1 aliphatic heterocycles. The van der Waals surface area contributed by atoms with Crippen LogP contribution in [0.3, 0.4) is 0 Å². The number of rotatable bonds is 7. The summed E-state index contributed by atoms with van der Waals surface area (Å²) in [6, 6.07) is 0. The largest absolute Gasteiger partial charge is 0.387 e. The van der Waals surface area contributed by atoms with Crippen LogP contribution in [-0.2, 0) is 18.8 Å². The molecule has 1 aromatic heterocycles. The van der Waals surface area contributed by atoms with E-state index in [9.17, 15) is 24.7 Å². The number of hydrogen-bond donors (Lipinski definition) is 8. The molecule has 9 N–H and O–H groups in total. The van der Waals surface area contributed by atoms with Crippen LogP contribution in [0.1, 0.15) is 18.7 Å². The summed E-state index contributed by atoms with van der Waals surface area (Å²) in [5.41, 5.74) is 2.11. The van der Waals surface area contributed by atoms with Gasteiger partial charge in [0, 0.05) is 5.82 Å². The monoisotopic (exact) mass is 423 g/mol. The molecular weight excluding hydrogens is 401 g/mol. The van der Waals surface area contributed by atoms with Crippen molar-refractivity contribution in [1.82, 2.24) is 20.8 Å². The third-order valence-electron chi connectivity index (χ3n) is 4.09. The fourth-order valence-corrected chi connectivity index (χ4v) is 2.94. The van der Waals surface area contributed by atoms with E-state index in [4.69, 9.17) is 25.1 Å². The lowest BCUT2D eigenvalue weighted by atomic mass is 9.97. The molecular formula is C13H22N5O9P. The zero-order chi connectivity index (χ0) is 21.1. The summed E-state index contributed by atoms with van der Waals surface area (Å²) in [5, 5.41) is 39.9. The highest BCUT2D eigenvalue weighted by molar-refractivity contribution is 7.55. The van der Waals surface area contributed by atoms with E-state index in [2.05, 4.69) is 15.4 Å². The van der Waals surface area contributed by atoms with Crippen LogP contribution in [0.5, 0.6) is 0 Å². The van der Waals surface area contributed by atoms with Crippen molar-refractivity contribution in [2.24, 2.45) is 11.8 Å². The molecule has 2 heterocycles. The number of aromatic nitrogens is 3. The van der Waals surface area contributed by atoms with E-state index in [1.807, 2.05) is 5.43 Å². The first-order valence-electron chi connectivity index (χ1n) is 8.01. The van der Waals surface area contributed by atoms with E-state index in [-0.39, 0.29) is 5.69 Å². The lowest BCUT2D eigenvalue weighted by molar-refractivity contribution is -0.303. The number of nitrogens with zero attached hydrogens (tertiary/aromatic N) is 2. The Balaban J connectivity index is 2.25.